The number of nitrogens with two attached hydrogens (primary N) is 1. The van der Waals surface area contributed by atoms with Crippen LogP contribution in [-0.2, 0) is 0 Å². The molecule has 0 amide bonds. The largest absolute Gasteiger partial charge is 0.457 e. The molecule has 0 spiro atoms. The molecular formula is C8H15F3N2O. The first-order valence-corrected chi connectivity index (χ1v) is 4.60. The molecule has 3 nitrogen and oxygen atoms in total. The van der Waals surface area contributed by atoms with Gasteiger partial charge in [0.2, 0.25) is 0 Å². The van der Waals surface area contributed by atoms with Gasteiger partial charge in [-0.3, -0.25) is 0 Å². The first-order valence-electron chi connectivity index (χ1n) is 4.60. The number of hydrogen-bond acceptors (Lipinski definition) is 3. The third kappa shape index (κ3) is 3.81. The standard InChI is InChI=1S/C8H15F3N2O/c9-8(10,11)13-5-7(14)3-1-6(12)2-4-7/h6,13-14H,1-5,12H2. The lowest BCUT2D eigenvalue weighted by molar-refractivity contribution is -0.168. The molecule has 0 aliphatic heterocycles. The highest BCUT2D eigenvalue weighted by Crippen LogP contribution is 2.27. The van der Waals surface area contributed by atoms with Crippen LogP contribution >= 0.6 is 0 Å². The van der Waals surface area contributed by atoms with E-state index in [0.29, 0.717) is 25.7 Å². The van der Waals surface area contributed by atoms with Gasteiger partial charge in [-0.05, 0) is 25.7 Å². The topological polar surface area (TPSA) is 58.3 Å². The summed E-state index contributed by atoms with van der Waals surface area (Å²) in [5, 5.41) is 11.1. The van der Waals surface area contributed by atoms with Crippen molar-refractivity contribution in [2.75, 3.05) is 6.54 Å². The molecular weight excluding hydrogens is 197 g/mol. The van der Waals surface area contributed by atoms with Crippen molar-refractivity contribution in [3.8, 4) is 0 Å². The monoisotopic (exact) mass is 212 g/mol. The van der Waals surface area contributed by atoms with Crippen molar-refractivity contribution in [3.05, 3.63) is 0 Å². The van der Waals surface area contributed by atoms with E-state index < -0.39 is 18.4 Å². The highest BCUT2D eigenvalue weighted by molar-refractivity contribution is 4.88. The van der Waals surface area contributed by atoms with Crippen LogP contribution in [-0.4, -0.2) is 29.6 Å². The van der Waals surface area contributed by atoms with E-state index in [1.165, 1.54) is 5.32 Å². The lowest BCUT2D eigenvalue weighted by Gasteiger charge is -2.35. The summed E-state index contributed by atoms with van der Waals surface area (Å²) in [6, 6.07) is 0.0150. The Morgan fingerprint density at radius 1 is 1.36 bits per heavy atom. The second kappa shape index (κ2) is 4.04. The van der Waals surface area contributed by atoms with Crippen molar-refractivity contribution in [3.63, 3.8) is 0 Å². The maximum atomic E-state index is 11.8. The summed E-state index contributed by atoms with van der Waals surface area (Å²) in [5.74, 6) is 0. The molecule has 0 atom stereocenters. The number of alkyl halides is 3. The molecule has 6 heteroatoms. The minimum Gasteiger partial charge on any atom is -0.389 e. The second-order valence-corrected chi connectivity index (χ2v) is 3.91. The third-order valence-electron chi connectivity index (χ3n) is 2.58. The van der Waals surface area contributed by atoms with Crippen LogP contribution in [0.5, 0.6) is 0 Å². The van der Waals surface area contributed by atoms with Gasteiger partial charge in [0.05, 0.1) is 5.60 Å². The molecule has 1 rings (SSSR count). The van der Waals surface area contributed by atoms with E-state index in [4.69, 9.17) is 5.73 Å². The maximum Gasteiger partial charge on any atom is 0.457 e. The van der Waals surface area contributed by atoms with Crippen LogP contribution in [0.25, 0.3) is 0 Å². The molecule has 0 bridgehead atoms. The van der Waals surface area contributed by atoms with Crippen molar-refractivity contribution in [2.45, 2.75) is 43.6 Å². The van der Waals surface area contributed by atoms with E-state index in [2.05, 4.69) is 0 Å². The Hall–Kier alpha value is -0.330. The van der Waals surface area contributed by atoms with Crippen molar-refractivity contribution in [1.29, 1.82) is 0 Å². The fourth-order valence-electron chi connectivity index (χ4n) is 1.62. The van der Waals surface area contributed by atoms with Crippen molar-refractivity contribution in [1.82, 2.24) is 5.32 Å². The van der Waals surface area contributed by atoms with E-state index in [-0.39, 0.29) is 6.04 Å². The summed E-state index contributed by atoms with van der Waals surface area (Å²) in [5.41, 5.74) is 4.34. The number of aliphatic hydroxyl groups is 1. The Labute approximate surface area is 80.5 Å². The molecule has 1 aliphatic carbocycles. The Morgan fingerprint density at radius 3 is 2.29 bits per heavy atom. The number of nitrogens with one attached hydrogen (secondary N) is 1. The lowest BCUT2D eigenvalue weighted by atomic mass is 9.82. The minimum absolute atomic E-state index is 0.0150. The Bertz CT molecular complexity index is 188. The van der Waals surface area contributed by atoms with Gasteiger partial charge in [0.15, 0.2) is 0 Å². The summed E-state index contributed by atoms with van der Waals surface area (Å²) in [4.78, 5) is 0. The van der Waals surface area contributed by atoms with E-state index in [1.54, 1.807) is 0 Å². The van der Waals surface area contributed by atoms with Gasteiger partial charge in [-0.25, -0.2) is 5.32 Å². The summed E-state index contributed by atoms with van der Waals surface area (Å²) in [6.45, 7) is -0.441. The SMILES string of the molecule is NC1CCC(O)(CNC(F)(F)F)CC1. The second-order valence-electron chi connectivity index (χ2n) is 3.91. The third-order valence-corrected chi connectivity index (χ3v) is 2.58. The Kier molecular flexibility index (Phi) is 3.39. The summed E-state index contributed by atoms with van der Waals surface area (Å²) in [6.07, 6.45) is -2.60. The van der Waals surface area contributed by atoms with Crippen LogP contribution in [0.4, 0.5) is 13.2 Å². The predicted octanol–water partition coefficient (Wildman–Crippen LogP) is 0.728. The van der Waals surface area contributed by atoms with E-state index in [0.717, 1.165) is 0 Å². The van der Waals surface area contributed by atoms with Crippen molar-refractivity contribution < 1.29 is 18.3 Å². The smallest absolute Gasteiger partial charge is 0.389 e. The molecule has 1 saturated carbocycles. The van der Waals surface area contributed by atoms with Crippen LogP contribution in [0.2, 0.25) is 0 Å². The normalized spacial score (nSPS) is 34.5. The quantitative estimate of drug-likeness (QED) is 0.591. The Morgan fingerprint density at radius 2 is 1.86 bits per heavy atom. The van der Waals surface area contributed by atoms with Gasteiger partial charge in [0.1, 0.15) is 0 Å². The highest BCUT2D eigenvalue weighted by atomic mass is 19.4. The molecule has 0 unspecified atom stereocenters. The lowest BCUT2D eigenvalue weighted by Crippen LogP contribution is -2.49. The fourth-order valence-corrected chi connectivity index (χ4v) is 1.62. The zero-order valence-corrected chi connectivity index (χ0v) is 7.77. The molecule has 0 aromatic carbocycles. The molecule has 0 saturated heterocycles. The predicted molar refractivity (Wildman–Crippen MR) is 45.5 cm³/mol. The molecule has 1 aliphatic rings. The molecule has 0 aromatic heterocycles. The summed E-state index contributed by atoms with van der Waals surface area (Å²) < 4.78 is 35.4. The van der Waals surface area contributed by atoms with Gasteiger partial charge >= 0.3 is 6.30 Å². The zero-order valence-electron chi connectivity index (χ0n) is 7.77. The molecule has 14 heavy (non-hydrogen) atoms. The van der Waals surface area contributed by atoms with Crippen LogP contribution in [0.1, 0.15) is 25.7 Å². The van der Waals surface area contributed by atoms with Crippen molar-refractivity contribution >= 4 is 0 Å². The number of hydrogen-bond donors (Lipinski definition) is 3. The van der Waals surface area contributed by atoms with Gasteiger partial charge in [-0.1, -0.05) is 0 Å². The minimum atomic E-state index is -4.42. The maximum absolute atomic E-state index is 11.8. The molecule has 0 aromatic rings. The van der Waals surface area contributed by atoms with Gasteiger partial charge in [0, 0.05) is 12.6 Å². The van der Waals surface area contributed by atoms with Gasteiger partial charge in [-0.15, -0.1) is 0 Å². The van der Waals surface area contributed by atoms with Gasteiger partial charge < -0.3 is 10.8 Å². The average molecular weight is 212 g/mol. The van der Waals surface area contributed by atoms with Gasteiger partial charge in [0.25, 0.3) is 0 Å². The summed E-state index contributed by atoms with van der Waals surface area (Å²) in [7, 11) is 0. The summed E-state index contributed by atoms with van der Waals surface area (Å²) >= 11 is 0. The van der Waals surface area contributed by atoms with Gasteiger partial charge in [-0.2, -0.15) is 13.2 Å². The van der Waals surface area contributed by atoms with Crippen LogP contribution in [0.3, 0.4) is 0 Å². The van der Waals surface area contributed by atoms with Crippen LogP contribution in [0.15, 0.2) is 0 Å². The van der Waals surface area contributed by atoms with E-state index in [9.17, 15) is 18.3 Å². The Balaban J connectivity index is 2.36. The first kappa shape index (κ1) is 11.7. The molecule has 0 heterocycles. The van der Waals surface area contributed by atoms with E-state index >= 15 is 0 Å². The number of rotatable bonds is 2. The molecule has 0 radical (unpaired) electrons. The number of halogens is 3. The van der Waals surface area contributed by atoms with Crippen LogP contribution in [0, 0.1) is 0 Å². The van der Waals surface area contributed by atoms with Crippen molar-refractivity contribution in [2.24, 2.45) is 5.73 Å². The fraction of sp³-hybridized carbons (Fsp3) is 1.00. The zero-order chi connectivity index (χ0) is 10.8. The molecule has 4 N–H and O–H groups in total. The van der Waals surface area contributed by atoms with Crippen LogP contribution < -0.4 is 11.1 Å². The van der Waals surface area contributed by atoms with E-state index in [1.807, 2.05) is 0 Å². The average Bonchev–Trinajstić information content (AvgIpc) is 2.07. The first-order chi connectivity index (χ1) is 6.31. The molecule has 1 fully saturated rings. The highest BCUT2D eigenvalue weighted by Gasteiger charge is 2.36. The molecule has 84 valence electrons.